The Hall–Kier alpha value is -3.50. The molecule has 7 nitrogen and oxygen atoms in total. The number of amides is 1. The highest BCUT2D eigenvalue weighted by atomic mass is 32.1. The largest absolute Gasteiger partial charge is 0.489 e. The van der Waals surface area contributed by atoms with Crippen LogP contribution in [0, 0.1) is 12.8 Å². The lowest BCUT2D eigenvalue weighted by Crippen LogP contribution is -2.08. The van der Waals surface area contributed by atoms with Crippen LogP contribution in [0.1, 0.15) is 29.0 Å². The van der Waals surface area contributed by atoms with Crippen molar-refractivity contribution < 1.29 is 27.5 Å². The number of hydrogen-bond donors (Lipinski definition) is 2. The van der Waals surface area contributed by atoms with Crippen LogP contribution in [0.5, 0.6) is 11.5 Å². The van der Waals surface area contributed by atoms with Gasteiger partial charge in [-0.25, -0.2) is 4.98 Å². The van der Waals surface area contributed by atoms with E-state index in [9.17, 15) is 13.6 Å². The van der Waals surface area contributed by atoms with Crippen LogP contribution in [0.2, 0.25) is 0 Å². The van der Waals surface area contributed by atoms with E-state index in [1.165, 1.54) is 17.4 Å². The summed E-state index contributed by atoms with van der Waals surface area (Å²) in [5, 5.41) is 4.45. The molecule has 1 amide bonds. The molecular weight excluding hydrogens is 488 g/mol. The van der Waals surface area contributed by atoms with Gasteiger partial charge in [-0.15, -0.1) is 11.3 Å². The fourth-order valence-electron chi connectivity index (χ4n) is 3.50. The molecule has 0 spiro atoms. The van der Waals surface area contributed by atoms with E-state index in [2.05, 4.69) is 15.0 Å². The van der Waals surface area contributed by atoms with Gasteiger partial charge in [-0.05, 0) is 49.9 Å². The van der Waals surface area contributed by atoms with Gasteiger partial charge in [0.1, 0.15) is 10.6 Å². The van der Waals surface area contributed by atoms with Crippen LogP contribution in [0.25, 0.3) is 21.5 Å². The van der Waals surface area contributed by atoms with Gasteiger partial charge in [0.15, 0.2) is 11.5 Å². The first-order chi connectivity index (χ1) is 17.5. The number of ether oxygens (including phenoxy) is 2. The summed E-state index contributed by atoms with van der Waals surface area (Å²) in [5.41, 5.74) is 9.24. The standard InChI is InChI=1S/C16H18F2N2O2S.C10H9NO2/c1-9-14(7-19)23-15(20-9)11-4-5-12(22-16(17)18)13(6-11)21-8-10-2-3-10;12-7-11-5-8-6-13-10-4-2-1-3-9(8)10/h4-6,10,16H,2-3,7-8,19H2,1H3;1-4,6-7H,5H2,(H,11,12). The van der Waals surface area contributed by atoms with Crippen molar-refractivity contribution in [3.05, 3.63) is 64.9 Å². The van der Waals surface area contributed by atoms with Gasteiger partial charge < -0.3 is 24.9 Å². The summed E-state index contributed by atoms with van der Waals surface area (Å²) in [6.45, 7) is 0.492. The van der Waals surface area contributed by atoms with Crippen molar-refractivity contribution in [2.45, 2.75) is 39.5 Å². The number of nitrogens with one attached hydrogen (secondary N) is 1. The fourth-order valence-corrected chi connectivity index (χ4v) is 4.44. The van der Waals surface area contributed by atoms with Crippen molar-refractivity contribution in [1.82, 2.24) is 10.3 Å². The predicted molar refractivity (Wildman–Crippen MR) is 134 cm³/mol. The molecule has 1 fully saturated rings. The van der Waals surface area contributed by atoms with Gasteiger partial charge in [-0.2, -0.15) is 8.78 Å². The molecule has 2 aromatic heterocycles. The van der Waals surface area contributed by atoms with E-state index < -0.39 is 6.61 Å². The van der Waals surface area contributed by atoms with E-state index in [-0.39, 0.29) is 5.75 Å². The molecule has 1 saturated carbocycles. The molecule has 0 unspecified atom stereocenters. The number of fused-ring (bicyclic) bond motifs is 1. The number of hydrogen-bond acceptors (Lipinski definition) is 7. The molecule has 36 heavy (non-hydrogen) atoms. The Morgan fingerprint density at radius 3 is 2.75 bits per heavy atom. The predicted octanol–water partition coefficient (Wildman–Crippen LogP) is 5.65. The van der Waals surface area contributed by atoms with Crippen LogP contribution < -0.4 is 20.5 Å². The summed E-state index contributed by atoms with van der Waals surface area (Å²) < 4.78 is 40.6. The van der Waals surface area contributed by atoms with Crippen molar-refractivity contribution in [1.29, 1.82) is 0 Å². The van der Waals surface area contributed by atoms with Crippen LogP contribution in [0.3, 0.4) is 0 Å². The zero-order valence-corrected chi connectivity index (χ0v) is 20.5. The van der Waals surface area contributed by atoms with E-state index in [1.54, 1.807) is 18.4 Å². The Bertz CT molecular complexity index is 1300. The number of aromatic nitrogens is 1. The second-order valence-corrected chi connectivity index (χ2v) is 9.37. The van der Waals surface area contributed by atoms with Gasteiger partial charge in [0.2, 0.25) is 6.41 Å². The molecule has 2 aromatic carbocycles. The maximum Gasteiger partial charge on any atom is 0.387 e. The lowest BCUT2D eigenvalue weighted by atomic mass is 10.2. The van der Waals surface area contributed by atoms with Crippen LogP contribution in [-0.2, 0) is 17.9 Å². The number of thiazole rings is 1. The van der Waals surface area contributed by atoms with Crippen molar-refractivity contribution >= 4 is 28.7 Å². The molecule has 10 heteroatoms. The number of alkyl halides is 2. The molecule has 4 aromatic rings. The summed E-state index contributed by atoms with van der Waals surface area (Å²) in [5.74, 6) is 0.901. The number of rotatable bonds is 10. The van der Waals surface area contributed by atoms with Gasteiger partial charge in [-0.3, -0.25) is 4.79 Å². The average molecular weight is 516 g/mol. The molecule has 190 valence electrons. The Labute approximate surface area is 211 Å². The van der Waals surface area contributed by atoms with E-state index >= 15 is 0 Å². The summed E-state index contributed by atoms with van der Waals surface area (Å²) in [6, 6.07) is 12.7. The molecule has 0 aliphatic heterocycles. The molecule has 1 aliphatic rings. The first-order valence-electron chi connectivity index (χ1n) is 11.5. The number of furan rings is 1. The van der Waals surface area contributed by atoms with Crippen molar-refractivity contribution in [3.8, 4) is 22.1 Å². The molecule has 3 N–H and O–H groups in total. The number of carbonyl (C=O) groups is 1. The van der Waals surface area contributed by atoms with Gasteiger partial charge >= 0.3 is 6.61 Å². The van der Waals surface area contributed by atoms with E-state index in [4.69, 9.17) is 14.9 Å². The molecule has 0 bridgehead atoms. The average Bonchev–Trinajstić information content (AvgIpc) is 3.50. The maximum atomic E-state index is 12.5. The number of benzene rings is 2. The van der Waals surface area contributed by atoms with E-state index in [0.717, 1.165) is 50.5 Å². The summed E-state index contributed by atoms with van der Waals surface area (Å²) in [7, 11) is 0. The Kier molecular flexibility index (Phi) is 8.50. The van der Waals surface area contributed by atoms with E-state index in [1.807, 2.05) is 31.2 Å². The zero-order valence-electron chi connectivity index (χ0n) is 19.7. The molecular formula is C26H27F2N3O4S. The normalized spacial score (nSPS) is 12.8. The minimum absolute atomic E-state index is 0.0525. The molecule has 5 rings (SSSR count). The number of carbonyl (C=O) groups excluding carboxylic acids is 1. The van der Waals surface area contributed by atoms with Crippen molar-refractivity contribution in [3.63, 3.8) is 0 Å². The van der Waals surface area contributed by atoms with Crippen molar-refractivity contribution in [2.75, 3.05) is 6.61 Å². The Morgan fingerprint density at radius 1 is 1.25 bits per heavy atom. The highest BCUT2D eigenvalue weighted by Crippen LogP contribution is 2.37. The van der Waals surface area contributed by atoms with Gasteiger partial charge in [0.25, 0.3) is 0 Å². The zero-order chi connectivity index (χ0) is 25.5. The van der Waals surface area contributed by atoms with Crippen molar-refractivity contribution in [2.24, 2.45) is 11.7 Å². The number of aryl methyl sites for hydroxylation is 1. The maximum absolute atomic E-state index is 12.5. The SMILES string of the molecule is Cc1nc(-c2ccc(OC(F)F)c(OCC3CC3)c2)sc1CN.O=CNCc1coc2ccccc12. The molecule has 0 atom stereocenters. The van der Waals surface area contributed by atoms with Crippen LogP contribution in [0.4, 0.5) is 8.78 Å². The van der Waals surface area contributed by atoms with Gasteiger partial charge in [-0.1, -0.05) is 18.2 Å². The first-order valence-corrected chi connectivity index (χ1v) is 12.3. The lowest BCUT2D eigenvalue weighted by Gasteiger charge is -2.13. The third-order valence-electron chi connectivity index (χ3n) is 5.59. The van der Waals surface area contributed by atoms with E-state index in [0.29, 0.717) is 37.8 Å². The van der Waals surface area contributed by atoms with Crippen LogP contribution in [0.15, 0.2) is 53.1 Å². The highest BCUT2D eigenvalue weighted by Gasteiger charge is 2.23. The molecule has 0 saturated heterocycles. The summed E-state index contributed by atoms with van der Waals surface area (Å²) >= 11 is 1.50. The highest BCUT2D eigenvalue weighted by molar-refractivity contribution is 7.15. The third kappa shape index (κ3) is 6.58. The molecule has 1 aliphatic carbocycles. The summed E-state index contributed by atoms with van der Waals surface area (Å²) in [6.07, 6.45) is 4.59. The topological polar surface area (TPSA) is 99.6 Å². The van der Waals surface area contributed by atoms with Crippen LogP contribution in [-0.4, -0.2) is 24.6 Å². The fraction of sp³-hybridized carbons (Fsp3) is 0.308. The number of halogens is 2. The minimum Gasteiger partial charge on any atom is -0.489 e. The number of para-hydroxylation sites is 1. The van der Waals surface area contributed by atoms with Gasteiger partial charge in [0.05, 0.1) is 18.6 Å². The number of nitrogens with two attached hydrogens (primary N) is 1. The molecule has 2 heterocycles. The first kappa shape index (κ1) is 25.6. The second kappa shape index (κ2) is 12.0. The smallest absolute Gasteiger partial charge is 0.387 e. The number of nitrogens with zero attached hydrogens (tertiary/aromatic N) is 1. The Balaban J connectivity index is 0.000000197. The van der Waals surface area contributed by atoms with Gasteiger partial charge in [0, 0.05) is 34.5 Å². The summed E-state index contributed by atoms with van der Waals surface area (Å²) in [4.78, 5) is 15.6. The quantitative estimate of drug-likeness (QED) is 0.265. The third-order valence-corrected chi connectivity index (χ3v) is 6.82. The monoisotopic (exact) mass is 515 g/mol. The second-order valence-electron chi connectivity index (χ2n) is 8.28. The van der Waals surface area contributed by atoms with Crippen LogP contribution >= 0.6 is 11.3 Å². The minimum atomic E-state index is -2.88. The Morgan fingerprint density at radius 2 is 2.06 bits per heavy atom. The molecule has 0 radical (unpaired) electrons. The lowest BCUT2D eigenvalue weighted by molar-refractivity contribution is -0.109.